The number of nitrogens with zero attached hydrogens (tertiary/aromatic N) is 1. The maximum Gasteiger partial charge on any atom is 0.417 e. The monoisotopic (exact) mass is 290 g/mol. The molecular weight excluding hydrogens is 277 g/mol. The van der Waals surface area contributed by atoms with Gasteiger partial charge in [-0.2, -0.15) is 18.4 Å². The largest absolute Gasteiger partial charge is 0.417 e. The Kier molecular flexibility index (Phi) is 5.21. The van der Waals surface area contributed by atoms with Crippen LogP contribution in [-0.2, 0) is 6.18 Å². The molecule has 0 radical (unpaired) electrons. The molecule has 19 heavy (non-hydrogen) atoms. The van der Waals surface area contributed by atoms with Gasteiger partial charge in [0.1, 0.15) is 0 Å². The average Bonchev–Trinajstić information content (AvgIpc) is 2.38. The van der Waals surface area contributed by atoms with Gasteiger partial charge in [-0.05, 0) is 37.1 Å². The van der Waals surface area contributed by atoms with Crippen LogP contribution in [0.25, 0.3) is 0 Å². The first-order valence-corrected chi connectivity index (χ1v) is 5.87. The third kappa shape index (κ3) is 3.62. The minimum atomic E-state index is -4.47. The minimum absolute atomic E-state index is 0. The summed E-state index contributed by atoms with van der Waals surface area (Å²) in [7, 11) is 0. The van der Waals surface area contributed by atoms with Crippen molar-refractivity contribution >= 4 is 12.4 Å². The topological polar surface area (TPSA) is 35.8 Å². The quantitative estimate of drug-likeness (QED) is 0.853. The standard InChI is InChI=1S/C13H13F3N2.ClH/c14-13(15,16)11-5-4-9(7-10(11)8-17)12-3-1-2-6-18-12;/h4-5,7,12,18H,1-3,6H2;1H. The average molecular weight is 291 g/mol. The van der Waals surface area contributed by atoms with E-state index >= 15 is 0 Å². The smallest absolute Gasteiger partial charge is 0.310 e. The lowest BCUT2D eigenvalue weighted by Gasteiger charge is -2.24. The van der Waals surface area contributed by atoms with Crippen LogP contribution in [0.2, 0.25) is 0 Å². The highest BCUT2D eigenvalue weighted by Crippen LogP contribution is 2.34. The van der Waals surface area contributed by atoms with Gasteiger partial charge in [0.15, 0.2) is 0 Å². The Hall–Kier alpha value is -1.25. The van der Waals surface area contributed by atoms with E-state index in [0.29, 0.717) is 0 Å². The van der Waals surface area contributed by atoms with Crippen molar-refractivity contribution in [1.29, 1.82) is 5.26 Å². The van der Waals surface area contributed by atoms with Crippen LogP contribution < -0.4 is 5.32 Å². The summed E-state index contributed by atoms with van der Waals surface area (Å²) >= 11 is 0. The molecule has 1 aliphatic heterocycles. The predicted octanol–water partition coefficient (Wildman–Crippen LogP) is 3.81. The van der Waals surface area contributed by atoms with E-state index in [4.69, 9.17) is 5.26 Å². The highest BCUT2D eigenvalue weighted by molar-refractivity contribution is 5.85. The minimum Gasteiger partial charge on any atom is -0.310 e. The van der Waals surface area contributed by atoms with E-state index < -0.39 is 11.7 Å². The first kappa shape index (κ1) is 15.8. The molecule has 1 aromatic rings. The van der Waals surface area contributed by atoms with Crippen LogP contribution in [0.1, 0.15) is 42.0 Å². The highest BCUT2D eigenvalue weighted by atomic mass is 35.5. The normalized spacial score (nSPS) is 19.4. The number of piperidine rings is 1. The van der Waals surface area contributed by atoms with Crippen LogP contribution in [-0.4, -0.2) is 6.54 Å². The fourth-order valence-electron chi connectivity index (χ4n) is 2.25. The number of rotatable bonds is 1. The predicted molar refractivity (Wildman–Crippen MR) is 68.0 cm³/mol. The van der Waals surface area contributed by atoms with Crippen molar-refractivity contribution in [3.63, 3.8) is 0 Å². The Labute approximate surface area is 116 Å². The lowest BCUT2D eigenvalue weighted by atomic mass is 9.94. The van der Waals surface area contributed by atoms with E-state index in [9.17, 15) is 13.2 Å². The second-order valence-corrected chi connectivity index (χ2v) is 4.42. The van der Waals surface area contributed by atoms with Crippen molar-refractivity contribution in [2.45, 2.75) is 31.5 Å². The lowest BCUT2D eigenvalue weighted by molar-refractivity contribution is -0.137. The molecule has 0 aliphatic carbocycles. The van der Waals surface area contributed by atoms with Gasteiger partial charge < -0.3 is 5.32 Å². The third-order valence-electron chi connectivity index (χ3n) is 3.18. The second-order valence-electron chi connectivity index (χ2n) is 4.42. The molecule has 0 spiro atoms. The van der Waals surface area contributed by atoms with Gasteiger partial charge in [-0.3, -0.25) is 0 Å². The molecule has 0 bridgehead atoms. The van der Waals surface area contributed by atoms with Crippen LogP contribution >= 0.6 is 12.4 Å². The van der Waals surface area contributed by atoms with Crippen LogP contribution in [0.5, 0.6) is 0 Å². The lowest BCUT2D eigenvalue weighted by Crippen LogP contribution is -2.27. The first-order valence-electron chi connectivity index (χ1n) is 5.87. The molecule has 1 heterocycles. The van der Waals surface area contributed by atoms with E-state index in [-0.39, 0.29) is 24.0 Å². The van der Waals surface area contributed by atoms with Crippen LogP contribution in [0, 0.1) is 11.3 Å². The molecular formula is C13H14ClF3N2. The molecule has 1 aromatic carbocycles. The van der Waals surface area contributed by atoms with Gasteiger partial charge in [0.05, 0.1) is 17.2 Å². The number of halogens is 4. The number of nitriles is 1. The molecule has 0 amide bonds. The zero-order valence-corrected chi connectivity index (χ0v) is 10.9. The number of nitrogens with one attached hydrogen (secondary N) is 1. The number of benzene rings is 1. The summed E-state index contributed by atoms with van der Waals surface area (Å²) in [5.74, 6) is 0. The molecule has 2 rings (SSSR count). The van der Waals surface area contributed by atoms with E-state index in [2.05, 4.69) is 5.32 Å². The fraction of sp³-hybridized carbons (Fsp3) is 0.462. The Morgan fingerprint density at radius 3 is 2.53 bits per heavy atom. The summed E-state index contributed by atoms with van der Waals surface area (Å²) in [6, 6.07) is 5.52. The first-order chi connectivity index (χ1) is 8.52. The summed E-state index contributed by atoms with van der Waals surface area (Å²) in [6.07, 6.45) is -1.43. The number of alkyl halides is 3. The zero-order chi connectivity index (χ0) is 13.2. The molecule has 0 aromatic heterocycles. The number of hydrogen-bond acceptors (Lipinski definition) is 2. The highest BCUT2D eigenvalue weighted by Gasteiger charge is 2.33. The van der Waals surface area contributed by atoms with Gasteiger partial charge in [0.2, 0.25) is 0 Å². The van der Waals surface area contributed by atoms with E-state index in [0.717, 1.165) is 37.4 Å². The fourth-order valence-corrected chi connectivity index (χ4v) is 2.25. The van der Waals surface area contributed by atoms with Crippen molar-refractivity contribution < 1.29 is 13.2 Å². The summed E-state index contributed by atoms with van der Waals surface area (Å²) in [6.45, 7) is 0.869. The molecule has 1 unspecified atom stereocenters. The molecule has 0 saturated carbocycles. The summed E-state index contributed by atoms with van der Waals surface area (Å²) in [4.78, 5) is 0. The van der Waals surface area contributed by atoms with Crippen LogP contribution in [0.15, 0.2) is 18.2 Å². The summed E-state index contributed by atoms with van der Waals surface area (Å²) in [5, 5.41) is 12.1. The van der Waals surface area contributed by atoms with E-state index in [1.54, 1.807) is 6.07 Å². The van der Waals surface area contributed by atoms with Gasteiger partial charge in [-0.1, -0.05) is 12.5 Å². The van der Waals surface area contributed by atoms with Crippen molar-refractivity contribution in [1.82, 2.24) is 5.32 Å². The summed E-state index contributed by atoms with van der Waals surface area (Å²) in [5.41, 5.74) is -0.392. The Morgan fingerprint density at radius 1 is 1.26 bits per heavy atom. The van der Waals surface area contributed by atoms with Crippen molar-refractivity contribution in [3.05, 3.63) is 34.9 Å². The maximum atomic E-state index is 12.6. The molecule has 1 N–H and O–H groups in total. The summed E-state index contributed by atoms with van der Waals surface area (Å²) < 4.78 is 37.9. The third-order valence-corrected chi connectivity index (χ3v) is 3.18. The van der Waals surface area contributed by atoms with Gasteiger partial charge in [0.25, 0.3) is 0 Å². The molecule has 2 nitrogen and oxygen atoms in total. The van der Waals surface area contributed by atoms with E-state index in [1.807, 2.05) is 0 Å². The van der Waals surface area contributed by atoms with Gasteiger partial charge >= 0.3 is 6.18 Å². The maximum absolute atomic E-state index is 12.6. The second kappa shape index (κ2) is 6.27. The van der Waals surface area contributed by atoms with Crippen LogP contribution in [0.4, 0.5) is 13.2 Å². The van der Waals surface area contributed by atoms with Crippen LogP contribution in [0.3, 0.4) is 0 Å². The van der Waals surface area contributed by atoms with Gasteiger partial charge in [-0.25, -0.2) is 0 Å². The number of hydrogen-bond donors (Lipinski definition) is 1. The molecule has 104 valence electrons. The zero-order valence-electron chi connectivity index (χ0n) is 10.1. The van der Waals surface area contributed by atoms with Crippen molar-refractivity contribution in [3.8, 4) is 6.07 Å². The molecule has 1 saturated heterocycles. The SMILES string of the molecule is Cl.N#Cc1cc(C2CCCCN2)ccc1C(F)(F)F. The molecule has 1 fully saturated rings. The van der Waals surface area contributed by atoms with Gasteiger partial charge in [-0.15, -0.1) is 12.4 Å². The van der Waals surface area contributed by atoms with E-state index in [1.165, 1.54) is 12.1 Å². The molecule has 1 aliphatic rings. The Bertz CT molecular complexity index is 474. The molecule has 1 atom stereocenters. The Balaban J connectivity index is 0.00000180. The van der Waals surface area contributed by atoms with Gasteiger partial charge in [0, 0.05) is 6.04 Å². The molecule has 6 heteroatoms. The van der Waals surface area contributed by atoms with Crippen molar-refractivity contribution in [2.24, 2.45) is 0 Å². The van der Waals surface area contributed by atoms with Crippen molar-refractivity contribution in [2.75, 3.05) is 6.54 Å². The Morgan fingerprint density at radius 2 is 2.00 bits per heavy atom.